The molecule has 3 rings (SSSR count). The average Bonchev–Trinajstić information content (AvgIpc) is 2.64. The summed E-state index contributed by atoms with van der Waals surface area (Å²) in [5.41, 5.74) is 1.62. The number of nitrogens with one attached hydrogen (secondary N) is 1. The van der Waals surface area contributed by atoms with Gasteiger partial charge < -0.3 is 4.90 Å². The second-order valence-corrected chi connectivity index (χ2v) is 8.48. The van der Waals surface area contributed by atoms with Crippen molar-refractivity contribution < 1.29 is 13.2 Å². The standard InChI is InChI=1S/C19H21ClN2O3S/c1-14-7-3-4-8-17(14)21-26(24,25)18-13-15(9-10-16(18)20)19(23)22-11-5-2-6-12-22/h3-4,7-10,13,21H,2,5-6,11-12H2,1H3. The Morgan fingerprint density at radius 3 is 2.46 bits per heavy atom. The molecule has 2 aromatic carbocycles. The molecule has 7 heteroatoms. The lowest BCUT2D eigenvalue weighted by molar-refractivity contribution is 0.0724. The Labute approximate surface area is 159 Å². The summed E-state index contributed by atoms with van der Waals surface area (Å²) >= 11 is 6.13. The maximum absolute atomic E-state index is 12.8. The average molecular weight is 393 g/mol. The molecule has 0 bridgehead atoms. The molecule has 0 radical (unpaired) electrons. The van der Waals surface area contributed by atoms with Gasteiger partial charge in [0.25, 0.3) is 15.9 Å². The maximum Gasteiger partial charge on any atom is 0.263 e. The Hall–Kier alpha value is -2.05. The van der Waals surface area contributed by atoms with E-state index < -0.39 is 10.0 Å². The Balaban J connectivity index is 1.91. The molecule has 26 heavy (non-hydrogen) atoms. The van der Waals surface area contributed by atoms with Gasteiger partial charge >= 0.3 is 0 Å². The normalized spacial score (nSPS) is 14.9. The van der Waals surface area contributed by atoms with Gasteiger partial charge in [0.2, 0.25) is 0 Å². The Morgan fingerprint density at radius 1 is 1.08 bits per heavy atom. The number of piperidine rings is 1. The number of anilines is 1. The van der Waals surface area contributed by atoms with Gasteiger partial charge in [-0.25, -0.2) is 8.42 Å². The molecule has 0 aromatic heterocycles. The number of carbonyl (C=O) groups is 1. The van der Waals surface area contributed by atoms with Crippen molar-refractivity contribution in [3.05, 3.63) is 58.6 Å². The van der Waals surface area contributed by atoms with Gasteiger partial charge in [-0.05, 0) is 56.0 Å². The van der Waals surface area contributed by atoms with Crippen molar-refractivity contribution in [2.45, 2.75) is 31.1 Å². The zero-order chi connectivity index (χ0) is 18.7. The highest BCUT2D eigenvalue weighted by Crippen LogP contribution is 2.27. The third-order valence-electron chi connectivity index (χ3n) is 4.50. The third-order valence-corrected chi connectivity index (χ3v) is 6.35. The summed E-state index contributed by atoms with van der Waals surface area (Å²) < 4.78 is 28.2. The molecule has 5 nitrogen and oxygen atoms in total. The van der Waals surface area contributed by atoms with Crippen LogP contribution in [-0.4, -0.2) is 32.3 Å². The van der Waals surface area contributed by atoms with E-state index in [2.05, 4.69) is 4.72 Å². The maximum atomic E-state index is 12.8. The van der Waals surface area contributed by atoms with Crippen molar-refractivity contribution in [2.24, 2.45) is 0 Å². The van der Waals surface area contributed by atoms with Crippen LogP contribution in [0.3, 0.4) is 0 Å². The van der Waals surface area contributed by atoms with Gasteiger partial charge in [0.15, 0.2) is 0 Å². The number of nitrogens with zero attached hydrogens (tertiary/aromatic N) is 1. The van der Waals surface area contributed by atoms with Crippen molar-refractivity contribution in [3.8, 4) is 0 Å². The third kappa shape index (κ3) is 4.02. The van der Waals surface area contributed by atoms with Crippen LogP contribution in [0.4, 0.5) is 5.69 Å². The van der Waals surface area contributed by atoms with Crippen molar-refractivity contribution in [1.82, 2.24) is 4.90 Å². The molecule has 1 fully saturated rings. The van der Waals surface area contributed by atoms with E-state index in [0.29, 0.717) is 24.3 Å². The minimum atomic E-state index is -3.91. The molecule has 2 aromatic rings. The summed E-state index contributed by atoms with van der Waals surface area (Å²) in [4.78, 5) is 14.3. The van der Waals surface area contributed by atoms with Crippen LogP contribution in [-0.2, 0) is 10.0 Å². The fraction of sp³-hybridized carbons (Fsp3) is 0.316. The number of carbonyl (C=O) groups excluding carboxylic acids is 1. The quantitative estimate of drug-likeness (QED) is 0.852. The SMILES string of the molecule is Cc1ccccc1NS(=O)(=O)c1cc(C(=O)N2CCCCC2)ccc1Cl. The molecule has 138 valence electrons. The van der Waals surface area contributed by atoms with E-state index in [1.54, 1.807) is 23.1 Å². The van der Waals surface area contributed by atoms with Crippen LogP contribution >= 0.6 is 11.6 Å². The van der Waals surface area contributed by atoms with Crippen LogP contribution in [0.1, 0.15) is 35.2 Å². The fourth-order valence-electron chi connectivity index (χ4n) is 3.01. The van der Waals surface area contributed by atoms with Crippen molar-refractivity contribution in [2.75, 3.05) is 17.8 Å². The first kappa shape index (κ1) is 18.7. The monoisotopic (exact) mass is 392 g/mol. The van der Waals surface area contributed by atoms with E-state index in [-0.39, 0.29) is 15.8 Å². The number of halogens is 1. The lowest BCUT2D eigenvalue weighted by Crippen LogP contribution is -2.35. The predicted molar refractivity (Wildman–Crippen MR) is 103 cm³/mol. The molecule has 1 heterocycles. The van der Waals surface area contributed by atoms with E-state index in [9.17, 15) is 13.2 Å². The number of benzene rings is 2. The summed E-state index contributed by atoms with van der Waals surface area (Å²) in [7, 11) is -3.91. The van der Waals surface area contributed by atoms with Gasteiger partial charge in [-0.2, -0.15) is 0 Å². The minimum absolute atomic E-state index is 0.0845. The lowest BCUT2D eigenvalue weighted by atomic mass is 10.1. The summed E-state index contributed by atoms with van der Waals surface area (Å²) in [6, 6.07) is 11.5. The summed E-state index contributed by atoms with van der Waals surface area (Å²) in [6.45, 7) is 3.21. The first-order valence-corrected chi connectivity index (χ1v) is 10.4. The molecule has 0 aliphatic carbocycles. The Kier molecular flexibility index (Phi) is 5.53. The first-order chi connectivity index (χ1) is 12.4. The zero-order valence-corrected chi connectivity index (χ0v) is 16.1. The molecule has 1 N–H and O–H groups in total. The van der Waals surface area contributed by atoms with Crippen LogP contribution in [0.15, 0.2) is 47.4 Å². The van der Waals surface area contributed by atoms with Crippen molar-refractivity contribution in [1.29, 1.82) is 0 Å². The van der Waals surface area contributed by atoms with Crippen molar-refractivity contribution in [3.63, 3.8) is 0 Å². The molecule has 1 amide bonds. The first-order valence-electron chi connectivity index (χ1n) is 8.56. The Morgan fingerprint density at radius 2 is 1.77 bits per heavy atom. The zero-order valence-electron chi connectivity index (χ0n) is 14.5. The smallest absolute Gasteiger partial charge is 0.263 e. The second-order valence-electron chi connectivity index (χ2n) is 6.42. The van der Waals surface area contributed by atoms with Gasteiger partial charge in [-0.3, -0.25) is 9.52 Å². The van der Waals surface area contributed by atoms with Gasteiger partial charge in [0.1, 0.15) is 4.90 Å². The van der Waals surface area contributed by atoms with E-state index >= 15 is 0 Å². The fourth-order valence-corrected chi connectivity index (χ4v) is 4.67. The molecular weight excluding hydrogens is 372 g/mol. The van der Waals surface area contributed by atoms with Crippen molar-refractivity contribution >= 4 is 33.2 Å². The van der Waals surface area contributed by atoms with Gasteiger partial charge in [0, 0.05) is 18.7 Å². The summed E-state index contributed by atoms with van der Waals surface area (Å²) in [5, 5.41) is 0.0845. The number of amides is 1. The van der Waals surface area contributed by atoms with Gasteiger partial charge in [-0.15, -0.1) is 0 Å². The van der Waals surface area contributed by atoms with E-state index in [1.165, 1.54) is 12.1 Å². The topological polar surface area (TPSA) is 66.5 Å². The molecule has 0 unspecified atom stereocenters. The number of hydrogen-bond donors (Lipinski definition) is 1. The summed E-state index contributed by atoms with van der Waals surface area (Å²) in [6.07, 6.45) is 3.06. The van der Waals surface area contributed by atoms with Gasteiger partial charge in [-0.1, -0.05) is 29.8 Å². The van der Waals surface area contributed by atoms with Crippen LogP contribution in [0, 0.1) is 6.92 Å². The molecule has 0 spiro atoms. The Bertz CT molecular complexity index is 922. The number of para-hydroxylation sites is 1. The van der Waals surface area contributed by atoms with Crippen LogP contribution in [0.2, 0.25) is 5.02 Å². The number of sulfonamides is 1. The number of aryl methyl sites for hydroxylation is 1. The molecule has 1 aliphatic heterocycles. The van der Waals surface area contributed by atoms with E-state index in [1.807, 2.05) is 19.1 Å². The molecule has 0 atom stereocenters. The van der Waals surface area contributed by atoms with Crippen LogP contribution < -0.4 is 4.72 Å². The molecule has 1 saturated heterocycles. The van der Waals surface area contributed by atoms with Crippen LogP contribution in [0.5, 0.6) is 0 Å². The second kappa shape index (κ2) is 7.68. The van der Waals surface area contributed by atoms with Crippen LogP contribution in [0.25, 0.3) is 0 Å². The number of likely N-dealkylation sites (tertiary alicyclic amines) is 1. The highest BCUT2D eigenvalue weighted by molar-refractivity contribution is 7.92. The lowest BCUT2D eigenvalue weighted by Gasteiger charge is -2.27. The highest BCUT2D eigenvalue weighted by atomic mass is 35.5. The van der Waals surface area contributed by atoms with E-state index in [0.717, 1.165) is 24.8 Å². The van der Waals surface area contributed by atoms with E-state index in [4.69, 9.17) is 11.6 Å². The number of rotatable bonds is 4. The number of hydrogen-bond acceptors (Lipinski definition) is 3. The van der Waals surface area contributed by atoms with Gasteiger partial charge in [0.05, 0.1) is 10.7 Å². The largest absolute Gasteiger partial charge is 0.339 e. The summed E-state index contributed by atoms with van der Waals surface area (Å²) in [5.74, 6) is -0.159. The highest BCUT2D eigenvalue weighted by Gasteiger charge is 2.23. The minimum Gasteiger partial charge on any atom is -0.339 e. The molecule has 1 aliphatic rings. The molecule has 0 saturated carbocycles. The molecular formula is C19H21ClN2O3S. The predicted octanol–water partition coefficient (Wildman–Crippen LogP) is 4.08.